The molecular weight excluding hydrogens is 204 g/mol. The Morgan fingerprint density at radius 2 is 2.19 bits per heavy atom. The van der Waals surface area contributed by atoms with Crippen molar-refractivity contribution in [2.45, 2.75) is 26.9 Å². The van der Waals surface area contributed by atoms with Crippen LogP contribution >= 0.6 is 0 Å². The highest BCUT2D eigenvalue weighted by Crippen LogP contribution is 2.05. The predicted octanol–water partition coefficient (Wildman–Crippen LogP) is 1.31. The third kappa shape index (κ3) is 2.49. The summed E-state index contributed by atoms with van der Waals surface area (Å²) in [5.41, 5.74) is 3.18. The van der Waals surface area contributed by atoms with Crippen LogP contribution in [0.1, 0.15) is 22.7 Å². The van der Waals surface area contributed by atoms with Crippen LogP contribution in [0.3, 0.4) is 0 Å². The van der Waals surface area contributed by atoms with Gasteiger partial charge in [0, 0.05) is 31.4 Å². The maximum atomic E-state index is 5.10. The summed E-state index contributed by atoms with van der Waals surface area (Å²) in [5, 5.41) is 11.4. The average Bonchev–Trinajstić information content (AvgIpc) is 2.74. The number of aryl methyl sites for hydroxylation is 3. The van der Waals surface area contributed by atoms with E-state index >= 15 is 0 Å². The molecule has 0 bridgehead atoms. The number of aromatic nitrogens is 3. The van der Waals surface area contributed by atoms with E-state index < -0.39 is 0 Å². The standard InChI is InChI=1S/C11H16N4O/c1-8-4-11(16-14-8)6-12-5-10-7-15(3)13-9(10)2/h4,7,12H,5-6H2,1-3H3. The quantitative estimate of drug-likeness (QED) is 0.844. The Labute approximate surface area is 94.4 Å². The van der Waals surface area contributed by atoms with Gasteiger partial charge in [-0.1, -0.05) is 5.16 Å². The average molecular weight is 220 g/mol. The number of nitrogens with one attached hydrogen (secondary N) is 1. The minimum absolute atomic E-state index is 0.690. The molecular formula is C11H16N4O. The first-order chi connectivity index (χ1) is 7.65. The zero-order valence-corrected chi connectivity index (χ0v) is 9.82. The number of nitrogens with zero attached hydrogens (tertiary/aromatic N) is 3. The number of hydrogen-bond donors (Lipinski definition) is 1. The maximum absolute atomic E-state index is 5.10. The molecule has 5 heteroatoms. The molecule has 2 rings (SSSR count). The van der Waals surface area contributed by atoms with E-state index in [9.17, 15) is 0 Å². The Balaban J connectivity index is 1.86. The maximum Gasteiger partial charge on any atom is 0.150 e. The van der Waals surface area contributed by atoms with Crippen LogP contribution in [0.4, 0.5) is 0 Å². The molecule has 0 atom stereocenters. The Morgan fingerprint density at radius 1 is 1.38 bits per heavy atom. The summed E-state index contributed by atoms with van der Waals surface area (Å²) in [4.78, 5) is 0. The molecule has 0 radical (unpaired) electrons. The van der Waals surface area contributed by atoms with Gasteiger partial charge in [-0.15, -0.1) is 0 Å². The van der Waals surface area contributed by atoms with Crippen LogP contribution in [0.25, 0.3) is 0 Å². The smallest absolute Gasteiger partial charge is 0.150 e. The summed E-state index contributed by atoms with van der Waals surface area (Å²) in [7, 11) is 1.93. The number of rotatable bonds is 4. The minimum atomic E-state index is 0.690. The van der Waals surface area contributed by atoms with Crippen LogP contribution in [0.15, 0.2) is 16.8 Å². The molecule has 0 aliphatic heterocycles. The van der Waals surface area contributed by atoms with Crippen molar-refractivity contribution in [1.82, 2.24) is 20.3 Å². The molecule has 0 aliphatic carbocycles. The molecule has 5 nitrogen and oxygen atoms in total. The lowest BCUT2D eigenvalue weighted by molar-refractivity contribution is 0.369. The van der Waals surface area contributed by atoms with Crippen molar-refractivity contribution in [1.29, 1.82) is 0 Å². The second-order valence-electron chi connectivity index (χ2n) is 3.95. The SMILES string of the molecule is Cc1cc(CNCc2cn(C)nc2C)on1. The van der Waals surface area contributed by atoms with Gasteiger partial charge in [-0.05, 0) is 13.8 Å². The van der Waals surface area contributed by atoms with Gasteiger partial charge in [-0.25, -0.2) is 0 Å². The van der Waals surface area contributed by atoms with Gasteiger partial charge < -0.3 is 9.84 Å². The van der Waals surface area contributed by atoms with Crippen LogP contribution in [0.2, 0.25) is 0 Å². The first-order valence-electron chi connectivity index (χ1n) is 5.27. The van der Waals surface area contributed by atoms with E-state index in [1.165, 1.54) is 5.56 Å². The summed E-state index contributed by atoms with van der Waals surface area (Å²) in [5.74, 6) is 0.860. The van der Waals surface area contributed by atoms with E-state index in [1.807, 2.05) is 37.8 Å². The third-order valence-electron chi connectivity index (χ3n) is 2.41. The Hall–Kier alpha value is -1.62. The van der Waals surface area contributed by atoms with Gasteiger partial charge in [0.2, 0.25) is 0 Å². The van der Waals surface area contributed by atoms with Crippen LogP contribution in [-0.4, -0.2) is 14.9 Å². The fourth-order valence-corrected chi connectivity index (χ4v) is 1.64. The van der Waals surface area contributed by atoms with Crippen molar-refractivity contribution in [3.8, 4) is 0 Å². The monoisotopic (exact) mass is 220 g/mol. The predicted molar refractivity (Wildman–Crippen MR) is 59.7 cm³/mol. The molecule has 2 aromatic rings. The second-order valence-corrected chi connectivity index (χ2v) is 3.95. The summed E-state index contributed by atoms with van der Waals surface area (Å²) in [6, 6.07) is 1.93. The van der Waals surface area contributed by atoms with Gasteiger partial charge >= 0.3 is 0 Å². The molecule has 2 aromatic heterocycles. The lowest BCUT2D eigenvalue weighted by Crippen LogP contribution is -2.12. The van der Waals surface area contributed by atoms with Crippen molar-refractivity contribution in [2.75, 3.05) is 0 Å². The normalized spacial score (nSPS) is 10.9. The summed E-state index contributed by atoms with van der Waals surface area (Å²) in [6.07, 6.45) is 2.02. The van der Waals surface area contributed by atoms with Crippen molar-refractivity contribution in [3.05, 3.63) is 35.0 Å². The van der Waals surface area contributed by atoms with Gasteiger partial charge in [0.15, 0.2) is 5.76 Å². The van der Waals surface area contributed by atoms with Crippen molar-refractivity contribution >= 4 is 0 Å². The fraction of sp³-hybridized carbons (Fsp3) is 0.455. The molecule has 0 spiro atoms. The van der Waals surface area contributed by atoms with Crippen molar-refractivity contribution in [2.24, 2.45) is 7.05 Å². The van der Waals surface area contributed by atoms with E-state index in [1.54, 1.807) is 0 Å². The first kappa shape index (κ1) is 10.9. The molecule has 0 saturated carbocycles. The highest BCUT2D eigenvalue weighted by atomic mass is 16.5. The van der Waals surface area contributed by atoms with E-state index in [0.717, 1.165) is 23.7 Å². The topological polar surface area (TPSA) is 55.9 Å². The van der Waals surface area contributed by atoms with Crippen molar-refractivity contribution < 1.29 is 4.52 Å². The van der Waals surface area contributed by atoms with E-state index in [4.69, 9.17) is 4.52 Å². The molecule has 2 heterocycles. The Bertz CT molecular complexity index is 472. The number of hydrogen-bond acceptors (Lipinski definition) is 4. The second kappa shape index (κ2) is 4.49. The molecule has 86 valence electrons. The van der Waals surface area contributed by atoms with E-state index in [2.05, 4.69) is 15.6 Å². The molecule has 1 N–H and O–H groups in total. The Kier molecular flexibility index (Phi) is 3.05. The molecule has 0 unspecified atom stereocenters. The van der Waals surface area contributed by atoms with Crippen LogP contribution in [0.5, 0.6) is 0 Å². The lowest BCUT2D eigenvalue weighted by atomic mass is 10.2. The van der Waals surface area contributed by atoms with Gasteiger partial charge in [0.25, 0.3) is 0 Å². The fourth-order valence-electron chi connectivity index (χ4n) is 1.64. The van der Waals surface area contributed by atoms with E-state index in [-0.39, 0.29) is 0 Å². The van der Waals surface area contributed by atoms with E-state index in [0.29, 0.717) is 6.54 Å². The largest absolute Gasteiger partial charge is 0.360 e. The molecule has 0 saturated heterocycles. The Morgan fingerprint density at radius 3 is 2.75 bits per heavy atom. The van der Waals surface area contributed by atoms with Crippen LogP contribution in [-0.2, 0) is 20.1 Å². The van der Waals surface area contributed by atoms with Crippen LogP contribution in [0, 0.1) is 13.8 Å². The van der Waals surface area contributed by atoms with Gasteiger partial charge in [-0.3, -0.25) is 4.68 Å². The molecule has 0 amide bonds. The van der Waals surface area contributed by atoms with Gasteiger partial charge in [0.1, 0.15) is 0 Å². The molecule has 0 aliphatic rings. The zero-order chi connectivity index (χ0) is 11.5. The summed E-state index contributed by atoms with van der Waals surface area (Å²) in [6.45, 7) is 5.41. The van der Waals surface area contributed by atoms with Crippen LogP contribution < -0.4 is 5.32 Å². The molecule has 0 aromatic carbocycles. The van der Waals surface area contributed by atoms with Gasteiger partial charge in [-0.2, -0.15) is 5.10 Å². The minimum Gasteiger partial charge on any atom is -0.360 e. The zero-order valence-electron chi connectivity index (χ0n) is 9.82. The van der Waals surface area contributed by atoms with Crippen molar-refractivity contribution in [3.63, 3.8) is 0 Å². The first-order valence-corrected chi connectivity index (χ1v) is 5.27. The molecule has 16 heavy (non-hydrogen) atoms. The molecule has 0 fully saturated rings. The van der Waals surface area contributed by atoms with Gasteiger partial charge in [0.05, 0.1) is 17.9 Å². The highest BCUT2D eigenvalue weighted by molar-refractivity contribution is 5.15. The summed E-state index contributed by atoms with van der Waals surface area (Å²) < 4.78 is 6.93. The third-order valence-corrected chi connectivity index (χ3v) is 2.41. The highest BCUT2D eigenvalue weighted by Gasteiger charge is 2.04. The lowest BCUT2D eigenvalue weighted by Gasteiger charge is -1.99. The summed E-state index contributed by atoms with van der Waals surface area (Å²) >= 11 is 0.